The number of hydrogen-bond acceptors (Lipinski definition) is 4. The number of carbonyl (C=O) groups excluding carboxylic acids is 2. The van der Waals surface area contributed by atoms with Gasteiger partial charge in [-0.15, -0.1) is 0 Å². The smallest absolute Gasteiger partial charge is 0.327 e. The maximum Gasteiger partial charge on any atom is 0.327 e. The number of fused-ring (bicyclic) bond motifs is 1. The molecular weight excluding hydrogens is 390 g/mol. The highest BCUT2D eigenvalue weighted by molar-refractivity contribution is 6.30. The fourth-order valence-corrected chi connectivity index (χ4v) is 4.66. The van der Waals surface area contributed by atoms with Crippen molar-refractivity contribution in [1.82, 2.24) is 14.8 Å². The Balaban J connectivity index is 1.65. The van der Waals surface area contributed by atoms with Gasteiger partial charge in [-0.1, -0.05) is 30.5 Å². The van der Waals surface area contributed by atoms with Gasteiger partial charge in [0.1, 0.15) is 11.5 Å². The largest absolute Gasteiger partial charge is 0.441 e. The number of hydrogen-bond donors (Lipinski definition) is 0. The molecule has 1 saturated carbocycles. The highest BCUT2D eigenvalue weighted by Gasteiger charge is 2.47. The number of aromatic nitrogens is 1. The molecule has 1 aromatic heterocycles. The molecule has 3 amide bonds. The molecule has 29 heavy (non-hydrogen) atoms. The SMILES string of the molecule is Cc1oc(-c2cccc(Cl)c2)nc1CN1C(=O)N(C(C)C)C(=O)C2CCCCC21. The molecule has 2 fully saturated rings. The molecule has 1 saturated heterocycles. The van der Waals surface area contributed by atoms with Gasteiger partial charge in [-0.25, -0.2) is 9.78 Å². The molecule has 7 heteroatoms. The Morgan fingerprint density at radius 3 is 2.72 bits per heavy atom. The first-order valence-corrected chi connectivity index (χ1v) is 10.6. The Morgan fingerprint density at radius 2 is 2.00 bits per heavy atom. The molecule has 2 atom stereocenters. The monoisotopic (exact) mass is 415 g/mol. The van der Waals surface area contributed by atoms with Crippen LogP contribution in [0.15, 0.2) is 28.7 Å². The van der Waals surface area contributed by atoms with E-state index < -0.39 is 0 Å². The van der Waals surface area contributed by atoms with Gasteiger partial charge in [0.05, 0.1) is 12.5 Å². The van der Waals surface area contributed by atoms with Crippen molar-refractivity contribution in [2.45, 2.75) is 65.1 Å². The summed E-state index contributed by atoms with van der Waals surface area (Å²) in [6.07, 6.45) is 3.75. The van der Waals surface area contributed by atoms with E-state index >= 15 is 0 Å². The van der Waals surface area contributed by atoms with Gasteiger partial charge >= 0.3 is 6.03 Å². The Hall–Kier alpha value is -2.34. The number of halogens is 1. The Kier molecular flexibility index (Phi) is 5.38. The second-order valence-electron chi connectivity index (χ2n) is 8.20. The van der Waals surface area contributed by atoms with Crippen molar-refractivity contribution in [3.63, 3.8) is 0 Å². The summed E-state index contributed by atoms with van der Waals surface area (Å²) in [5.74, 6) is 1.01. The predicted molar refractivity (Wildman–Crippen MR) is 110 cm³/mol. The number of imide groups is 1. The lowest BCUT2D eigenvalue weighted by Crippen LogP contribution is -2.63. The van der Waals surface area contributed by atoms with E-state index in [0.717, 1.165) is 36.9 Å². The highest BCUT2D eigenvalue weighted by Crippen LogP contribution is 2.36. The third-order valence-electron chi connectivity index (χ3n) is 5.94. The maximum absolute atomic E-state index is 13.2. The number of oxazole rings is 1. The summed E-state index contributed by atoms with van der Waals surface area (Å²) in [7, 11) is 0. The van der Waals surface area contributed by atoms with E-state index in [1.165, 1.54) is 4.90 Å². The van der Waals surface area contributed by atoms with Gasteiger partial charge in [0.25, 0.3) is 0 Å². The van der Waals surface area contributed by atoms with E-state index in [9.17, 15) is 9.59 Å². The second kappa shape index (κ2) is 7.82. The summed E-state index contributed by atoms with van der Waals surface area (Å²) in [6.45, 7) is 5.96. The molecule has 1 aliphatic carbocycles. The van der Waals surface area contributed by atoms with Crippen molar-refractivity contribution < 1.29 is 14.0 Å². The maximum atomic E-state index is 13.2. The topological polar surface area (TPSA) is 66.7 Å². The fourth-order valence-electron chi connectivity index (χ4n) is 4.47. The lowest BCUT2D eigenvalue weighted by molar-refractivity contribution is -0.142. The van der Waals surface area contributed by atoms with Gasteiger partial charge in [0.15, 0.2) is 0 Å². The van der Waals surface area contributed by atoms with Crippen LogP contribution in [0.2, 0.25) is 5.02 Å². The lowest BCUT2D eigenvalue weighted by atomic mass is 9.81. The van der Waals surface area contributed by atoms with E-state index in [1.54, 1.807) is 12.1 Å². The minimum Gasteiger partial charge on any atom is -0.441 e. The Morgan fingerprint density at radius 1 is 1.24 bits per heavy atom. The zero-order valence-corrected chi connectivity index (χ0v) is 17.8. The molecule has 6 nitrogen and oxygen atoms in total. The average molecular weight is 416 g/mol. The minimum absolute atomic E-state index is 0.0255. The molecule has 1 aromatic carbocycles. The molecule has 154 valence electrons. The molecule has 4 rings (SSSR count). The first-order chi connectivity index (χ1) is 13.9. The molecule has 0 N–H and O–H groups in total. The molecular formula is C22H26ClN3O3. The van der Waals surface area contributed by atoms with Crippen molar-refractivity contribution in [2.75, 3.05) is 0 Å². The summed E-state index contributed by atoms with van der Waals surface area (Å²) in [6, 6.07) is 6.89. The quantitative estimate of drug-likeness (QED) is 0.701. The summed E-state index contributed by atoms with van der Waals surface area (Å²) in [5, 5.41) is 0.613. The van der Waals surface area contributed by atoms with Crippen molar-refractivity contribution >= 4 is 23.5 Å². The molecule has 2 heterocycles. The number of rotatable bonds is 4. The highest BCUT2D eigenvalue weighted by atomic mass is 35.5. The van der Waals surface area contributed by atoms with Gasteiger partial charge in [-0.2, -0.15) is 0 Å². The van der Waals surface area contributed by atoms with Crippen LogP contribution >= 0.6 is 11.6 Å². The number of benzene rings is 1. The van der Waals surface area contributed by atoms with Crippen LogP contribution < -0.4 is 0 Å². The predicted octanol–water partition coefficient (Wildman–Crippen LogP) is 5.03. The molecule has 0 spiro atoms. The average Bonchev–Trinajstić information content (AvgIpc) is 3.05. The standard InChI is InChI=1S/C22H26ClN3O3/c1-13(2)26-21(27)17-9-4-5-10-19(17)25(22(26)28)12-18-14(3)29-20(24-18)15-7-6-8-16(23)11-15/h6-8,11,13,17,19H,4-5,9-10,12H2,1-3H3. The summed E-state index contributed by atoms with van der Waals surface area (Å²) >= 11 is 6.09. The van der Waals surface area contributed by atoms with Crippen LogP contribution in [0, 0.1) is 12.8 Å². The third kappa shape index (κ3) is 3.66. The van der Waals surface area contributed by atoms with Crippen LogP contribution in [-0.4, -0.2) is 38.8 Å². The van der Waals surface area contributed by atoms with Crippen LogP contribution in [0.4, 0.5) is 4.79 Å². The summed E-state index contributed by atoms with van der Waals surface area (Å²) < 4.78 is 5.88. The van der Waals surface area contributed by atoms with Crippen LogP contribution in [-0.2, 0) is 11.3 Å². The number of urea groups is 1. The molecule has 0 bridgehead atoms. The molecule has 2 aliphatic rings. The van der Waals surface area contributed by atoms with Crippen molar-refractivity contribution in [3.8, 4) is 11.5 Å². The Labute approximate surface area is 175 Å². The van der Waals surface area contributed by atoms with Gasteiger partial charge in [0.2, 0.25) is 11.8 Å². The van der Waals surface area contributed by atoms with Crippen LogP contribution in [0.3, 0.4) is 0 Å². The zero-order valence-electron chi connectivity index (χ0n) is 17.0. The first kappa shape index (κ1) is 20.0. The number of amides is 3. The third-order valence-corrected chi connectivity index (χ3v) is 6.17. The molecule has 1 aliphatic heterocycles. The van der Waals surface area contributed by atoms with E-state index in [1.807, 2.05) is 37.8 Å². The summed E-state index contributed by atoms with van der Waals surface area (Å²) in [4.78, 5) is 34.1. The number of aryl methyl sites for hydroxylation is 1. The van der Waals surface area contributed by atoms with E-state index in [4.69, 9.17) is 16.0 Å². The minimum atomic E-state index is -0.222. The van der Waals surface area contributed by atoms with Crippen molar-refractivity contribution in [2.24, 2.45) is 5.92 Å². The Bertz CT molecular complexity index is 939. The number of carbonyl (C=O) groups is 2. The van der Waals surface area contributed by atoms with E-state index in [-0.39, 0.29) is 29.9 Å². The molecule has 2 aromatic rings. The second-order valence-corrected chi connectivity index (χ2v) is 8.64. The van der Waals surface area contributed by atoms with Crippen LogP contribution in [0.1, 0.15) is 51.0 Å². The number of nitrogens with zero attached hydrogens (tertiary/aromatic N) is 3. The van der Waals surface area contributed by atoms with E-state index in [2.05, 4.69) is 4.98 Å². The fraction of sp³-hybridized carbons (Fsp3) is 0.500. The van der Waals surface area contributed by atoms with E-state index in [0.29, 0.717) is 23.2 Å². The van der Waals surface area contributed by atoms with Gasteiger partial charge in [-0.3, -0.25) is 9.69 Å². The normalized spacial score (nSPS) is 22.4. The van der Waals surface area contributed by atoms with Gasteiger partial charge in [0, 0.05) is 22.7 Å². The molecule has 2 unspecified atom stereocenters. The van der Waals surface area contributed by atoms with Crippen molar-refractivity contribution in [3.05, 3.63) is 40.7 Å². The first-order valence-electron chi connectivity index (χ1n) is 10.2. The van der Waals surface area contributed by atoms with Gasteiger partial charge < -0.3 is 9.32 Å². The molecule has 0 radical (unpaired) electrons. The van der Waals surface area contributed by atoms with Crippen LogP contribution in [0.25, 0.3) is 11.5 Å². The van der Waals surface area contributed by atoms with Gasteiger partial charge in [-0.05, 0) is 51.8 Å². The lowest BCUT2D eigenvalue weighted by Gasteiger charge is -2.47. The summed E-state index contributed by atoms with van der Waals surface area (Å²) in [5.41, 5.74) is 1.52. The zero-order chi connectivity index (χ0) is 20.7. The van der Waals surface area contributed by atoms with Crippen molar-refractivity contribution in [1.29, 1.82) is 0 Å². The van der Waals surface area contributed by atoms with Crippen LogP contribution in [0.5, 0.6) is 0 Å².